The molecule has 0 bridgehead atoms. The maximum atomic E-state index is 12.2. The van der Waals surface area contributed by atoms with Crippen LogP contribution in [0.4, 0.5) is 0 Å². The maximum Gasteiger partial charge on any atom is 0.364 e. The summed E-state index contributed by atoms with van der Waals surface area (Å²) >= 11 is 0. The third-order valence-corrected chi connectivity index (χ3v) is 4.03. The summed E-state index contributed by atoms with van der Waals surface area (Å²) in [6.07, 6.45) is 0. The van der Waals surface area contributed by atoms with E-state index in [9.17, 15) is 4.79 Å². The number of benzene rings is 2. The Morgan fingerprint density at radius 2 is 1.85 bits per heavy atom. The Morgan fingerprint density at radius 1 is 1.08 bits per heavy atom. The number of aromatic nitrogens is 3. The average Bonchev–Trinajstić information content (AvgIpc) is 3.02. The van der Waals surface area contributed by atoms with Crippen LogP contribution in [-0.4, -0.2) is 27.6 Å². The molecule has 0 aliphatic heterocycles. The largest absolute Gasteiger partial charge is 0.461 e. The number of hydrogen-bond acceptors (Lipinski definition) is 5. The first-order chi connectivity index (χ1) is 12.6. The standard InChI is InChI=1S/C20H21N3O3/c1-4-25-20(24)18-19(26-17-11-10-14(2)15(3)12-17)23(22-21-18)13-16-8-6-5-7-9-16/h5-12H,4,13H2,1-3H3. The van der Waals surface area contributed by atoms with Gasteiger partial charge in [0.05, 0.1) is 13.2 Å². The number of carbonyl (C=O) groups excluding carboxylic acids is 1. The van der Waals surface area contributed by atoms with Crippen LogP contribution in [0.5, 0.6) is 11.6 Å². The molecule has 1 aromatic heterocycles. The number of carbonyl (C=O) groups is 1. The molecule has 0 saturated heterocycles. The van der Waals surface area contributed by atoms with E-state index in [1.807, 2.05) is 62.4 Å². The lowest BCUT2D eigenvalue weighted by Crippen LogP contribution is -2.09. The average molecular weight is 351 g/mol. The molecule has 2 aromatic carbocycles. The summed E-state index contributed by atoms with van der Waals surface area (Å²) in [6.45, 7) is 6.48. The molecule has 0 fully saturated rings. The van der Waals surface area contributed by atoms with Crippen molar-refractivity contribution >= 4 is 5.97 Å². The minimum absolute atomic E-state index is 0.0704. The van der Waals surface area contributed by atoms with Gasteiger partial charge in [-0.1, -0.05) is 41.6 Å². The molecule has 0 saturated carbocycles. The van der Waals surface area contributed by atoms with Crippen LogP contribution in [0.3, 0.4) is 0 Å². The van der Waals surface area contributed by atoms with Gasteiger partial charge in [0, 0.05) is 0 Å². The molecule has 3 aromatic rings. The summed E-state index contributed by atoms with van der Waals surface area (Å²) in [7, 11) is 0. The predicted molar refractivity (Wildman–Crippen MR) is 97.5 cm³/mol. The van der Waals surface area contributed by atoms with Crippen LogP contribution in [0.2, 0.25) is 0 Å². The number of rotatable bonds is 6. The van der Waals surface area contributed by atoms with Crippen molar-refractivity contribution in [3.8, 4) is 11.6 Å². The fourth-order valence-corrected chi connectivity index (χ4v) is 2.48. The molecular formula is C20H21N3O3. The third kappa shape index (κ3) is 3.91. The first-order valence-corrected chi connectivity index (χ1v) is 8.48. The van der Waals surface area contributed by atoms with E-state index in [-0.39, 0.29) is 18.2 Å². The fraction of sp³-hybridized carbons (Fsp3) is 0.250. The van der Waals surface area contributed by atoms with E-state index in [0.29, 0.717) is 12.3 Å². The van der Waals surface area contributed by atoms with Crippen LogP contribution >= 0.6 is 0 Å². The summed E-state index contributed by atoms with van der Waals surface area (Å²) in [5.41, 5.74) is 3.36. The Kier molecular flexibility index (Phi) is 5.31. The van der Waals surface area contributed by atoms with Crippen molar-refractivity contribution in [1.82, 2.24) is 15.0 Å². The number of ether oxygens (including phenoxy) is 2. The second-order valence-electron chi connectivity index (χ2n) is 5.96. The molecule has 0 aliphatic rings. The Hall–Kier alpha value is -3.15. The monoisotopic (exact) mass is 351 g/mol. The molecular weight excluding hydrogens is 330 g/mol. The van der Waals surface area contributed by atoms with Crippen LogP contribution in [0, 0.1) is 13.8 Å². The molecule has 6 heteroatoms. The van der Waals surface area contributed by atoms with Crippen molar-refractivity contribution in [2.24, 2.45) is 0 Å². The molecule has 0 N–H and O–H groups in total. The smallest absolute Gasteiger partial charge is 0.364 e. The Morgan fingerprint density at radius 3 is 2.54 bits per heavy atom. The molecule has 0 aliphatic carbocycles. The molecule has 0 amide bonds. The first kappa shape index (κ1) is 17.7. The van der Waals surface area contributed by atoms with Gasteiger partial charge in [-0.3, -0.25) is 0 Å². The number of nitrogens with zero attached hydrogens (tertiary/aromatic N) is 3. The summed E-state index contributed by atoms with van der Waals surface area (Å²) in [5.74, 6) is 0.344. The quantitative estimate of drug-likeness (QED) is 0.630. The van der Waals surface area contributed by atoms with E-state index in [1.54, 1.807) is 11.6 Å². The highest BCUT2D eigenvalue weighted by molar-refractivity contribution is 5.89. The molecule has 26 heavy (non-hydrogen) atoms. The van der Waals surface area contributed by atoms with Crippen molar-refractivity contribution in [3.63, 3.8) is 0 Å². The third-order valence-electron chi connectivity index (χ3n) is 4.03. The Bertz CT molecular complexity index is 904. The van der Waals surface area contributed by atoms with Gasteiger partial charge >= 0.3 is 5.97 Å². The molecule has 0 spiro atoms. The van der Waals surface area contributed by atoms with Gasteiger partial charge in [0.25, 0.3) is 5.88 Å². The van der Waals surface area contributed by atoms with Gasteiger partial charge in [0.2, 0.25) is 5.69 Å². The highest BCUT2D eigenvalue weighted by Gasteiger charge is 2.23. The van der Waals surface area contributed by atoms with Crippen molar-refractivity contribution < 1.29 is 14.3 Å². The van der Waals surface area contributed by atoms with Gasteiger partial charge < -0.3 is 9.47 Å². The molecule has 0 atom stereocenters. The summed E-state index contributed by atoms with van der Waals surface area (Å²) in [6, 6.07) is 15.5. The molecule has 134 valence electrons. The zero-order valence-electron chi connectivity index (χ0n) is 15.1. The van der Waals surface area contributed by atoms with E-state index < -0.39 is 5.97 Å². The number of hydrogen-bond donors (Lipinski definition) is 0. The second kappa shape index (κ2) is 7.82. The lowest BCUT2D eigenvalue weighted by atomic mass is 10.1. The van der Waals surface area contributed by atoms with E-state index in [1.165, 1.54) is 5.56 Å². The first-order valence-electron chi connectivity index (χ1n) is 8.48. The normalized spacial score (nSPS) is 10.6. The Labute approximate surface area is 152 Å². The summed E-state index contributed by atoms with van der Waals surface area (Å²) < 4.78 is 12.6. The van der Waals surface area contributed by atoms with Crippen LogP contribution in [0.25, 0.3) is 0 Å². The zero-order valence-corrected chi connectivity index (χ0v) is 15.1. The van der Waals surface area contributed by atoms with Gasteiger partial charge in [-0.2, -0.15) is 0 Å². The SMILES string of the molecule is CCOC(=O)c1nnn(Cc2ccccc2)c1Oc1ccc(C)c(C)c1. The number of esters is 1. The summed E-state index contributed by atoms with van der Waals surface area (Å²) in [5, 5.41) is 8.07. The molecule has 3 rings (SSSR count). The number of aryl methyl sites for hydroxylation is 2. The highest BCUT2D eigenvalue weighted by Crippen LogP contribution is 2.27. The van der Waals surface area contributed by atoms with Crippen molar-refractivity contribution in [2.45, 2.75) is 27.3 Å². The Balaban J connectivity index is 1.96. The van der Waals surface area contributed by atoms with Crippen LogP contribution in [-0.2, 0) is 11.3 Å². The minimum Gasteiger partial charge on any atom is -0.461 e. The van der Waals surface area contributed by atoms with Gasteiger partial charge in [-0.25, -0.2) is 9.48 Å². The van der Waals surface area contributed by atoms with Gasteiger partial charge in [-0.05, 0) is 49.6 Å². The molecule has 0 unspecified atom stereocenters. The van der Waals surface area contributed by atoms with Crippen LogP contribution < -0.4 is 4.74 Å². The van der Waals surface area contributed by atoms with E-state index >= 15 is 0 Å². The predicted octanol–water partition coefficient (Wildman–Crippen LogP) is 3.91. The maximum absolute atomic E-state index is 12.2. The zero-order chi connectivity index (χ0) is 18.5. The molecule has 6 nitrogen and oxygen atoms in total. The minimum atomic E-state index is -0.550. The van der Waals surface area contributed by atoms with Crippen molar-refractivity contribution in [2.75, 3.05) is 6.61 Å². The molecule has 1 heterocycles. The van der Waals surface area contributed by atoms with E-state index in [0.717, 1.165) is 11.1 Å². The van der Waals surface area contributed by atoms with Gasteiger partial charge in [-0.15, -0.1) is 5.10 Å². The van der Waals surface area contributed by atoms with Gasteiger partial charge in [0.15, 0.2) is 0 Å². The van der Waals surface area contributed by atoms with Crippen molar-refractivity contribution in [3.05, 3.63) is 70.9 Å². The highest BCUT2D eigenvalue weighted by atomic mass is 16.5. The second-order valence-corrected chi connectivity index (χ2v) is 5.96. The van der Waals surface area contributed by atoms with E-state index in [2.05, 4.69) is 10.3 Å². The van der Waals surface area contributed by atoms with Crippen LogP contribution in [0.15, 0.2) is 48.5 Å². The lowest BCUT2D eigenvalue weighted by molar-refractivity contribution is 0.0516. The molecule has 0 radical (unpaired) electrons. The van der Waals surface area contributed by atoms with Crippen molar-refractivity contribution in [1.29, 1.82) is 0 Å². The topological polar surface area (TPSA) is 66.2 Å². The van der Waals surface area contributed by atoms with Crippen LogP contribution in [0.1, 0.15) is 34.1 Å². The van der Waals surface area contributed by atoms with E-state index in [4.69, 9.17) is 9.47 Å². The lowest BCUT2D eigenvalue weighted by Gasteiger charge is -2.11. The fourth-order valence-electron chi connectivity index (χ4n) is 2.48. The van der Waals surface area contributed by atoms with Gasteiger partial charge in [0.1, 0.15) is 5.75 Å². The summed E-state index contributed by atoms with van der Waals surface area (Å²) in [4.78, 5) is 12.2.